The van der Waals surface area contributed by atoms with Crippen LogP contribution in [-0.4, -0.2) is 32.7 Å². The Hall–Kier alpha value is -3.26. The maximum atomic E-state index is 13.8. The zero-order chi connectivity index (χ0) is 18.8. The highest BCUT2D eigenvalue weighted by molar-refractivity contribution is 6.30. The van der Waals surface area contributed by atoms with Gasteiger partial charge in [-0.2, -0.15) is 4.39 Å². The minimum atomic E-state index is -1.22. The third kappa shape index (κ3) is 3.02. The van der Waals surface area contributed by atoms with Gasteiger partial charge in [-0.15, -0.1) is 0 Å². The van der Waals surface area contributed by atoms with Crippen molar-refractivity contribution in [2.45, 2.75) is 0 Å². The van der Waals surface area contributed by atoms with E-state index in [1.54, 1.807) is 6.07 Å². The van der Waals surface area contributed by atoms with E-state index < -0.39 is 17.3 Å². The number of rotatable bonds is 4. The number of ether oxygens (including phenoxy) is 1. The molecule has 3 aromatic rings. The minimum absolute atomic E-state index is 0.0319. The average molecular weight is 376 g/mol. The number of carboxylic acids is 1. The van der Waals surface area contributed by atoms with Crippen molar-refractivity contribution < 1.29 is 19.0 Å². The lowest BCUT2D eigenvalue weighted by Crippen LogP contribution is -2.22. The Labute approximate surface area is 151 Å². The molecule has 1 N–H and O–H groups in total. The van der Waals surface area contributed by atoms with Crippen molar-refractivity contribution in [1.82, 2.24) is 14.5 Å². The maximum absolute atomic E-state index is 13.8. The summed E-state index contributed by atoms with van der Waals surface area (Å²) in [5.41, 5.74) is -0.434. The fraction of sp³-hybridized carbons (Fsp3) is 0.0588. The Bertz CT molecular complexity index is 1070. The van der Waals surface area contributed by atoms with Gasteiger partial charge in [0.05, 0.1) is 23.9 Å². The molecule has 0 bridgehead atoms. The summed E-state index contributed by atoms with van der Waals surface area (Å²) in [6.07, 6.45) is 5.24. The summed E-state index contributed by atoms with van der Waals surface area (Å²) in [6, 6.07) is 4.13. The third-order valence-electron chi connectivity index (χ3n) is 3.65. The number of halogens is 2. The lowest BCUT2D eigenvalue weighted by atomic mass is 10.0. The van der Waals surface area contributed by atoms with E-state index in [1.165, 1.54) is 37.8 Å². The van der Waals surface area contributed by atoms with Crippen LogP contribution >= 0.6 is 11.6 Å². The van der Waals surface area contributed by atoms with Crippen molar-refractivity contribution in [1.29, 1.82) is 0 Å². The molecule has 0 saturated heterocycles. The highest BCUT2D eigenvalue weighted by Crippen LogP contribution is 2.32. The first-order valence-corrected chi connectivity index (χ1v) is 7.60. The Morgan fingerprint density at radius 3 is 2.77 bits per heavy atom. The van der Waals surface area contributed by atoms with Crippen LogP contribution in [0.1, 0.15) is 10.4 Å². The first-order chi connectivity index (χ1) is 12.4. The predicted octanol–water partition coefficient (Wildman–Crippen LogP) is 2.79. The fourth-order valence-electron chi connectivity index (χ4n) is 2.40. The number of hydrogen-bond donors (Lipinski definition) is 1. The summed E-state index contributed by atoms with van der Waals surface area (Å²) in [6.45, 7) is 0. The van der Waals surface area contributed by atoms with E-state index in [4.69, 9.17) is 16.3 Å². The third-order valence-corrected chi connectivity index (χ3v) is 3.94. The molecule has 0 unspecified atom stereocenters. The summed E-state index contributed by atoms with van der Waals surface area (Å²) >= 11 is 5.60. The summed E-state index contributed by atoms with van der Waals surface area (Å²) < 4.78 is 20.0. The van der Waals surface area contributed by atoms with Gasteiger partial charge in [0.2, 0.25) is 5.82 Å². The SMILES string of the molecule is COc1cnccc1-c1cc(-n2ccc(Cl)c(F)c2=O)ncc1C(=O)O. The van der Waals surface area contributed by atoms with Crippen molar-refractivity contribution in [2.24, 2.45) is 0 Å². The molecule has 0 radical (unpaired) electrons. The monoisotopic (exact) mass is 375 g/mol. The highest BCUT2D eigenvalue weighted by atomic mass is 35.5. The molecular formula is C17H11ClFN3O4. The molecule has 3 heterocycles. The minimum Gasteiger partial charge on any atom is -0.494 e. The molecule has 0 spiro atoms. The molecule has 3 rings (SSSR count). The molecule has 0 atom stereocenters. The second kappa shape index (κ2) is 6.93. The number of pyridine rings is 3. The summed E-state index contributed by atoms with van der Waals surface area (Å²) in [7, 11) is 1.42. The normalized spacial score (nSPS) is 10.6. The first kappa shape index (κ1) is 17.6. The molecular weight excluding hydrogens is 365 g/mol. The van der Waals surface area contributed by atoms with Gasteiger partial charge in [0.25, 0.3) is 5.56 Å². The molecule has 0 aromatic carbocycles. The van der Waals surface area contributed by atoms with E-state index in [1.807, 2.05) is 0 Å². The van der Waals surface area contributed by atoms with Gasteiger partial charge in [-0.05, 0) is 18.2 Å². The Morgan fingerprint density at radius 2 is 2.08 bits per heavy atom. The Balaban J connectivity index is 2.28. The zero-order valence-corrected chi connectivity index (χ0v) is 14.1. The van der Waals surface area contributed by atoms with Gasteiger partial charge < -0.3 is 9.84 Å². The van der Waals surface area contributed by atoms with Gasteiger partial charge in [0.1, 0.15) is 11.6 Å². The van der Waals surface area contributed by atoms with Crippen LogP contribution in [0.4, 0.5) is 4.39 Å². The van der Waals surface area contributed by atoms with Crippen LogP contribution in [0, 0.1) is 5.82 Å². The first-order valence-electron chi connectivity index (χ1n) is 7.22. The smallest absolute Gasteiger partial charge is 0.337 e. The van der Waals surface area contributed by atoms with Crippen molar-refractivity contribution >= 4 is 17.6 Å². The summed E-state index contributed by atoms with van der Waals surface area (Å²) in [5, 5.41) is 9.13. The van der Waals surface area contributed by atoms with E-state index in [9.17, 15) is 19.1 Å². The van der Waals surface area contributed by atoms with Gasteiger partial charge in [-0.25, -0.2) is 9.78 Å². The van der Waals surface area contributed by atoms with Crippen molar-refractivity contribution in [3.8, 4) is 22.7 Å². The van der Waals surface area contributed by atoms with Gasteiger partial charge in [0, 0.05) is 29.7 Å². The molecule has 7 nitrogen and oxygen atoms in total. The van der Waals surface area contributed by atoms with Gasteiger partial charge in [0.15, 0.2) is 0 Å². The fourth-order valence-corrected chi connectivity index (χ4v) is 2.54. The average Bonchev–Trinajstić information content (AvgIpc) is 2.65. The van der Waals surface area contributed by atoms with Gasteiger partial charge in [-0.1, -0.05) is 11.6 Å². The second-order valence-corrected chi connectivity index (χ2v) is 5.53. The quantitative estimate of drug-likeness (QED) is 0.753. The molecule has 0 fully saturated rings. The van der Waals surface area contributed by atoms with Crippen LogP contribution in [0.5, 0.6) is 5.75 Å². The predicted molar refractivity (Wildman–Crippen MR) is 91.5 cm³/mol. The highest BCUT2D eigenvalue weighted by Gasteiger charge is 2.18. The number of carbonyl (C=O) groups is 1. The van der Waals surface area contributed by atoms with E-state index in [0.29, 0.717) is 11.3 Å². The number of methoxy groups -OCH3 is 1. The van der Waals surface area contributed by atoms with E-state index in [-0.39, 0.29) is 22.0 Å². The number of nitrogens with zero attached hydrogens (tertiary/aromatic N) is 3. The van der Waals surface area contributed by atoms with Crippen molar-refractivity contribution in [3.63, 3.8) is 0 Å². The Kier molecular flexibility index (Phi) is 4.68. The lowest BCUT2D eigenvalue weighted by Gasteiger charge is -2.13. The standard InChI is InChI=1S/C17H11ClFN3O4/c1-26-13-8-20-4-2-9(13)10-6-14(21-7-11(10)17(24)25)22-5-3-12(18)15(19)16(22)23/h2-8H,1H3,(H,24,25). The van der Waals surface area contributed by atoms with Crippen molar-refractivity contribution in [2.75, 3.05) is 7.11 Å². The van der Waals surface area contributed by atoms with Crippen LogP contribution in [-0.2, 0) is 0 Å². The number of hydrogen-bond acceptors (Lipinski definition) is 5. The molecule has 0 amide bonds. The van der Waals surface area contributed by atoms with Crippen LogP contribution in [0.25, 0.3) is 16.9 Å². The van der Waals surface area contributed by atoms with Crippen LogP contribution in [0.3, 0.4) is 0 Å². The van der Waals surface area contributed by atoms with Crippen LogP contribution in [0.2, 0.25) is 5.02 Å². The van der Waals surface area contributed by atoms with Crippen LogP contribution in [0.15, 0.2) is 47.8 Å². The number of aromatic nitrogens is 3. The Morgan fingerprint density at radius 1 is 1.31 bits per heavy atom. The molecule has 0 aliphatic carbocycles. The lowest BCUT2D eigenvalue weighted by molar-refractivity contribution is 0.0697. The largest absolute Gasteiger partial charge is 0.494 e. The van der Waals surface area contributed by atoms with Crippen LogP contribution < -0.4 is 10.3 Å². The number of aromatic carboxylic acids is 1. The second-order valence-electron chi connectivity index (χ2n) is 5.12. The molecule has 132 valence electrons. The van der Waals surface area contributed by atoms with E-state index in [2.05, 4.69) is 9.97 Å². The molecule has 0 saturated carbocycles. The zero-order valence-electron chi connectivity index (χ0n) is 13.3. The molecule has 3 aromatic heterocycles. The topological polar surface area (TPSA) is 94.3 Å². The molecule has 0 aliphatic heterocycles. The summed E-state index contributed by atoms with van der Waals surface area (Å²) in [5.74, 6) is -1.97. The van der Waals surface area contributed by atoms with E-state index in [0.717, 1.165) is 10.8 Å². The molecule has 0 aliphatic rings. The summed E-state index contributed by atoms with van der Waals surface area (Å²) in [4.78, 5) is 31.5. The van der Waals surface area contributed by atoms with Gasteiger partial charge in [-0.3, -0.25) is 14.3 Å². The van der Waals surface area contributed by atoms with Crippen molar-refractivity contribution in [3.05, 3.63) is 69.7 Å². The van der Waals surface area contributed by atoms with Gasteiger partial charge >= 0.3 is 5.97 Å². The molecule has 9 heteroatoms. The molecule has 26 heavy (non-hydrogen) atoms. The van der Waals surface area contributed by atoms with E-state index >= 15 is 0 Å². The maximum Gasteiger partial charge on any atom is 0.337 e. The number of carboxylic acid groups (broad SMARTS) is 1.